The number of ketones is 5. The highest BCUT2D eigenvalue weighted by atomic mass is 35.5. The topological polar surface area (TPSA) is 157 Å². The molecule has 0 aliphatic rings. The number of hydrogen-bond donors (Lipinski definition) is 1. The Bertz CT molecular complexity index is 1690. The molecule has 0 saturated carbocycles. The van der Waals surface area contributed by atoms with Gasteiger partial charge in [0, 0.05) is 80.0 Å². The summed E-state index contributed by atoms with van der Waals surface area (Å²) in [7, 11) is 0. The third-order valence-corrected chi connectivity index (χ3v) is 12.9. The van der Waals surface area contributed by atoms with Crippen molar-refractivity contribution in [2.24, 2.45) is 0 Å². The Morgan fingerprint density at radius 2 is 0.493 bits per heavy atom. The first-order chi connectivity index (χ1) is 34.2. The standard InChI is InChI=1S/C30H46O5.C24H38O2.C6H8Cl2O2/c1-2-3-4-5-9-12-18-28(32)25-21-23-26(24-22-25)29(33)19-13-10-7-6-8-11-16-27(31)17-14-15-20-30(34)35;1-3-5-7-9-11-13-15-23(25)21-17-19-22(20-18-21)24(26)16-14-12-10-8-6-4-2;7-5(9)3-1-2-4-6(8)10/h21-24H,2-20H2,1H3,(H,34,35);17-20H,3-16H2,1-2H3;1-4H2. The molecule has 0 heterocycles. The maximum Gasteiger partial charge on any atom is 0.303 e. The Labute approximate surface area is 439 Å². The summed E-state index contributed by atoms with van der Waals surface area (Å²) in [4.78, 5) is 91.7. The number of benzene rings is 2. The molecular weight excluding hydrogens is 936 g/mol. The molecule has 0 bridgehead atoms. The normalized spacial score (nSPS) is 10.7. The second kappa shape index (κ2) is 47.2. The minimum absolute atomic E-state index is 0.133. The van der Waals surface area contributed by atoms with Crippen molar-refractivity contribution in [2.45, 2.75) is 258 Å². The predicted octanol–water partition coefficient (Wildman–Crippen LogP) is 17.8. The average Bonchev–Trinajstić information content (AvgIpc) is 3.35. The van der Waals surface area contributed by atoms with Crippen molar-refractivity contribution in [2.75, 3.05) is 0 Å². The molecule has 9 nitrogen and oxygen atoms in total. The van der Waals surface area contributed by atoms with Gasteiger partial charge in [0.25, 0.3) is 0 Å². The Morgan fingerprint density at radius 1 is 0.296 bits per heavy atom. The molecule has 2 aromatic rings. The molecule has 0 amide bonds. The van der Waals surface area contributed by atoms with Crippen LogP contribution in [-0.2, 0) is 19.2 Å². The summed E-state index contributed by atoms with van der Waals surface area (Å²) in [5.41, 5.74) is 2.88. The lowest BCUT2D eigenvalue weighted by atomic mass is 9.99. The monoisotopic (exact) mass is 1030 g/mol. The number of carboxylic acids is 1. The molecular formula is C60H92Cl2O9. The van der Waals surface area contributed by atoms with Crippen molar-refractivity contribution >= 4 is 68.6 Å². The molecule has 0 spiro atoms. The highest BCUT2D eigenvalue weighted by molar-refractivity contribution is 6.63. The van der Waals surface area contributed by atoms with E-state index in [1.54, 1.807) is 24.3 Å². The Hall–Kier alpha value is -3.82. The smallest absolute Gasteiger partial charge is 0.303 e. The number of carbonyl (C=O) groups is 8. The molecule has 0 saturated heterocycles. The minimum atomic E-state index is -0.803. The summed E-state index contributed by atoms with van der Waals surface area (Å²) in [6.45, 7) is 6.63. The summed E-state index contributed by atoms with van der Waals surface area (Å²) in [6.07, 6.45) is 34.0. The van der Waals surface area contributed by atoms with Crippen molar-refractivity contribution in [3.8, 4) is 0 Å². The molecule has 71 heavy (non-hydrogen) atoms. The number of halogens is 2. The lowest BCUT2D eigenvalue weighted by Gasteiger charge is -2.05. The Balaban J connectivity index is 0.00000119. The lowest BCUT2D eigenvalue weighted by Crippen LogP contribution is -2.02. The van der Waals surface area contributed by atoms with Gasteiger partial charge in [-0.05, 0) is 81.0 Å². The molecule has 400 valence electrons. The maximum atomic E-state index is 12.4. The van der Waals surface area contributed by atoms with Crippen molar-refractivity contribution in [1.82, 2.24) is 0 Å². The highest BCUT2D eigenvalue weighted by Crippen LogP contribution is 2.18. The third kappa shape index (κ3) is 41.4. The Kier molecular flexibility index (Phi) is 44.7. The fourth-order valence-electron chi connectivity index (χ4n) is 8.03. The second-order valence-electron chi connectivity index (χ2n) is 19.1. The van der Waals surface area contributed by atoms with Crippen LogP contribution >= 0.6 is 23.2 Å². The van der Waals surface area contributed by atoms with E-state index in [-0.39, 0.29) is 45.8 Å². The van der Waals surface area contributed by atoms with Gasteiger partial charge < -0.3 is 5.11 Å². The van der Waals surface area contributed by atoms with Gasteiger partial charge >= 0.3 is 5.97 Å². The largest absolute Gasteiger partial charge is 0.481 e. The number of carbonyl (C=O) groups excluding carboxylic acids is 7. The fraction of sp³-hybridized carbons (Fsp3) is 0.667. The van der Waals surface area contributed by atoms with Crippen LogP contribution in [0.5, 0.6) is 0 Å². The van der Waals surface area contributed by atoms with E-state index in [1.165, 1.54) is 77.0 Å². The summed E-state index contributed by atoms with van der Waals surface area (Å²) >= 11 is 10.1. The van der Waals surface area contributed by atoms with E-state index in [1.807, 2.05) is 24.3 Å². The molecule has 11 heteroatoms. The van der Waals surface area contributed by atoms with Crippen LogP contribution in [0.15, 0.2) is 48.5 Å². The van der Waals surface area contributed by atoms with Crippen molar-refractivity contribution in [3.05, 3.63) is 70.8 Å². The molecule has 2 aromatic carbocycles. The molecule has 2 rings (SSSR count). The van der Waals surface area contributed by atoms with Crippen LogP contribution in [0.4, 0.5) is 0 Å². The van der Waals surface area contributed by atoms with Crippen LogP contribution in [-0.4, -0.2) is 50.5 Å². The number of carboxylic acid groups (broad SMARTS) is 1. The number of rotatable bonds is 44. The van der Waals surface area contributed by atoms with Crippen LogP contribution in [0.3, 0.4) is 0 Å². The van der Waals surface area contributed by atoms with E-state index >= 15 is 0 Å². The van der Waals surface area contributed by atoms with Crippen LogP contribution < -0.4 is 0 Å². The van der Waals surface area contributed by atoms with Gasteiger partial charge in [0.15, 0.2) is 23.1 Å². The van der Waals surface area contributed by atoms with Gasteiger partial charge in [-0.25, -0.2) is 0 Å². The molecule has 0 fully saturated rings. The van der Waals surface area contributed by atoms with Crippen molar-refractivity contribution < 1.29 is 43.5 Å². The van der Waals surface area contributed by atoms with Crippen LogP contribution in [0.2, 0.25) is 0 Å². The molecule has 0 aliphatic heterocycles. The first-order valence-corrected chi connectivity index (χ1v) is 28.4. The average molecular weight is 1030 g/mol. The minimum Gasteiger partial charge on any atom is -0.481 e. The zero-order valence-electron chi connectivity index (χ0n) is 44.3. The van der Waals surface area contributed by atoms with E-state index in [2.05, 4.69) is 20.8 Å². The van der Waals surface area contributed by atoms with Crippen molar-refractivity contribution in [1.29, 1.82) is 0 Å². The van der Waals surface area contributed by atoms with Gasteiger partial charge in [0.2, 0.25) is 10.5 Å². The van der Waals surface area contributed by atoms with Gasteiger partial charge in [-0.3, -0.25) is 38.4 Å². The van der Waals surface area contributed by atoms with Crippen LogP contribution in [0, 0.1) is 0 Å². The number of hydrogen-bond acceptors (Lipinski definition) is 8. The summed E-state index contributed by atoms with van der Waals surface area (Å²) in [5, 5.41) is 7.87. The van der Waals surface area contributed by atoms with Crippen LogP contribution in [0.1, 0.15) is 300 Å². The molecule has 0 aliphatic carbocycles. The van der Waals surface area contributed by atoms with E-state index in [4.69, 9.17) is 28.3 Å². The predicted molar refractivity (Wildman–Crippen MR) is 292 cm³/mol. The first-order valence-electron chi connectivity index (χ1n) is 27.7. The molecule has 0 atom stereocenters. The van der Waals surface area contributed by atoms with E-state index in [0.717, 1.165) is 88.2 Å². The van der Waals surface area contributed by atoms with Gasteiger partial charge in [-0.2, -0.15) is 0 Å². The quantitative estimate of drug-likeness (QED) is 0.0388. The second-order valence-corrected chi connectivity index (χ2v) is 19.9. The van der Waals surface area contributed by atoms with Gasteiger partial charge in [-0.1, -0.05) is 191 Å². The summed E-state index contributed by atoms with van der Waals surface area (Å²) in [6, 6.07) is 14.5. The highest BCUT2D eigenvalue weighted by Gasteiger charge is 2.12. The van der Waals surface area contributed by atoms with E-state index in [9.17, 15) is 38.4 Å². The third-order valence-electron chi connectivity index (χ3n) is 12.5. The zero-order valence-corrected chi connectivity index (χ0v) is 45.8. The first kappa shape index (κ1) is 67.2. The van der Waals surface area contributed by atoms with Crippen LogP contribution in [0.25, 0.3) is 0 Å². The fourth-order valence-corrected chi connectivity index (χ4v) is 8.29. The number of Topliss-reactive ketones (excluding diaryl/α,β-unsaturated/α-hetero) is 5. The molecule has 0 unspecified atom stereocenters. The van der Waals surface area contributed by atoms with Gasteiger partial charge in [0.05, 0.1) is 0 Å². The van der Waals surface area contributed by atoms with Crippen molar-refractivity contribution in [3.63, 3.8) is 0 Å². The lowest BCUT2D eigenvalue weighted by molar-refractivity contribution is -0.137. The molecule has 1 N–H and O–H groups in total. The van der Waals surface area contributed by atoms with Gasteiger partial charge in [-0.15, -0.1) is 0 Å². The maximum absolute atomic E-state index is 12.4. The van der Waals surface area contributed by atoms with E-state index in [0.29, 0.717) is 88.2 Å². The van der Waals surface area contributed by atoms with E-state index < -0.39 is 5.97 Å². The number of unbranched alkanes of at least 4 members (excludes halogenated alkanes) is 22. The zero-order chi connectivity index (χ0) is 52.7. The summed E-state index contributed by atoms with van der Waals surface area (Å²) in [5.74, 6) is 0.136. The van der Waals surface area contributed by atoms with Gasteiger partial charge in [0.1, 0.15) is 5.78 Å². The summed E-state index contributed by atoms with van der Waals surface area (Å²) < 4.78 is 0. The molecule has 0 radical (unpaired) electrons. The number of aliphatic carboxylic acids is 1. The molecule has 0 aromatic heterocycles. The Morgan fingerprint density at radius 3 is 0.732 bits per heavy atom. The SMILES string of the molecule is CCCCCCCCC(=O)c1ccc(C(=O)CCCCCCCC)cc1.CCCCCCCCC(=O)c1ccc(C(=O)CCCCCCCCC(=O)CCCCC(=O)O)cc1.O=C(Cl)CCCCC(=O)Cl.